The van der Waals surface area contributed by atoms with Crippen molar-refractivity contribution in [1.82, 2.24) is 0 Å². The number of esters is 1. The van der Waals surface area contributed by atoms with E-state index in [0.717, 1.165) is 3.58 Å². The number of hydrogen-bond acceptors (Lipinski definition) is 2. The molecule has 0 radical (unpaired) electrons. The van der Waals surface area contributed by atoms with Crippen LogP contribution in [0.2, 0.25) is 0 Å². The van der Waals surface area contributed by atoms with Crippen LogP contribution < -0.4 is 0 Å². The number of carbonyl (C=O) groups excluding carboxylic acids is 1. The van der Waals surface area contributed by atoms with E-state index in [1.165, 1.54) is 19.3 Å². The van der Waals surface area contributed by atoms with Crippen molar-refractivity contribution in [3.63, 3.8) is 0 Å². The van der Waals surface area contributed by atoms with Crippen molar-refractivity contribution in [1.29, 1.82) is 0 Å². The molecule has 0 saturated carbocycles. The van der Waals surface area contributed by atoms with Crippen molar-refractivity contribution >= 4 is 26.4 Å². The molecule has 0 atom stereocenters. The van der Waals surface area contributed by atoms with Crippen LogP contribution in [0.1, 0.15) is 33.8 Å². The summed E-state index contributed by atoms with van der Waals surface area (Å²) < 4.78 is 7.44. The predicted octanol–water partition coefficient (Wildman–Crippen LogP) is 2.00. The quantitative estimate of drug-likeness (QED) is 0.479. The van der Waals surface area contributed by atoms with Crippen LogP contribution in [-0.2, 0) is 16.0 Å². The van der Waals surface area contributed by atoms with Crippen molar-refractivity contribution in [3.05, 3.63) is 19.3 Å². The second-order valence-electron chi connectivity index (χ2n) is 3.34. The van der Waals surface area contributed by atoms with Gasteiger partial charge in [-0.25, -0.2) is 0 Å². The molecule has 3 heteroatoms. The SMILES string of the molecule is CCCCc1ccc(C#CC(=O)OCC)[te]1. The minimum atomic E-state index is -0.419. The molecule has 2 nitrogen and oxygen atoms in total. The summed E-state index contributed by atoms with van der Waals surface area (Å²) >= 11 is -0.285. The Bertz CT molecular complexity index is 396. The third-order valence-corrected chi connectivity index (χ3v) is 5.03. The Balaban J connectivity index is 2.54. The molecule has 1 aromatic rings. The van der Waals surface area contributed by atoms with E-state index < -0.39 is 5.97 Å². The second-order valence-corrected chi connectivity index (χ2v) is 6.67. The number of rotatable bonds is 4. The summed E-state index contributed by atoms with van der Waals surface area (Å²) in [6.07, 6.45) is 3.68. The van der Waals surface area contributed by atoms with Gasteiger partial charge in [0.15, 0.2) is 0 Å². The van der Waals surface area contributed by atoms with Crippen LogP contribution in [0.25, 0.3) is 0 Å². The van der Waals surface area contributed by atoms with Crippen molar-refractivity contribution < 1.29 is 9.53 Å². The fourth-order valence-corrected chi connectivity index (χ4v) is 3.79. The van der Waals surface area contributed by atoms with Crippen LogP contribution >= 0.6 is 0 Å². The summed E-state index contributed by atoms with van der Waals surface area (Å²) in [5, 5.41) is 0. The predicted molar refractivity (Wildman–Crippen MR) is 65.5 cm³/mol. The molecule has 0 aliphatic carbocycles. The summed E-state index contributed by atoms with van der Waals surface area (Å²) in [6, 6.07) is 4.23. The van der Waals surface area contributed by atoms with Gasteiger partial charge in [0.05, 0.1) is 0 Å². The van der Waals surface area contributed by atoms with Crippen LogP contribution in [-0.4, -0.2) is 33.0 Å². The van der Waals surface area contributed by atoms with E-state index in [2.05, 4.69) is 30.9 Å². The molecular weight excluding hydrogens is 316 g/mol. The third-order valence-electron chi connectivity index (χ3n) is 2.00. The van der Waals surface area contributed by atoms with Crippen LogP contribution in [0.5, 0.6) is 0 Å². The van der Waals surface area contributed by atoms with Gasteiger partial charge in [-0.05, 0) is 0 Å². The van der Waals surface area contributed by atoms with Gasteiger partial charge in [-0.1, -0.05) is 0 Å². The standard InChI is InChI=1S/C13H16O2Te/c1-3-5-6-11-7-8-12(16-11)9-10-13(14)15-4-2/h7-8H,3-6H2,1-2H3. The van der Waals surface area contributed by atoms with Gasteiger partial charge in [-0.2, -0.15) is 0 Å². The number of ether oxygens (including phenoxy) is 1. The van der Waals surface area contributed by atoms with E-state index in [9.17, 15) is 4.79 Å². The normalized spacial score (nSPS) is 9.38. The Morgan fingerprint density at radius 3 is 2.94 bits per heavy atom. The molecule has 0 spiro atoms. The fourth-order valence-electron chi connectivity index (χ4n) is 1.21. The van der Waals surface area contributed by atoms with Crippen molar-refractivity contribution in [2.45, 2.75) is 33.1 Å². The first-order valence-electron chi connectivity index (χ1n) is 5.53. The monoisotopic (exact) mass is 334 g/mol. The summed E-state index contributed by atoms with van der Waals surface area (Å²) in [7, 11) is 0. The molecular formula is C13H16O2Te. The van der Waals surface area contributed by atoms with E-state index in [1.54, 1.807) is 10.5 Å². The molecule has 1 rings (SSSR count). The second kappa shape index (κ2) is 7.55. The Morgan fingerprint density at radius 1 is 1.44 bits per heavy atom. The van der Waals surface area contributed by atoms with Gasteiger partial charge in [0.1, 0.15) is 0 Å². The fraction of sp³-hybridized carbons (Fsp3) is 0.462. The van der Waals surface area contributed by atoms with Gasteiger partial charge in [0.25, 0.3) is 0 Å². The summed E-state index contributed by atoms with van der Waals surface area (Å²) in [5.74, 6) is 5.02. The molecule has 86 valence electrons. The van der Waals surface area contributed by atoms with Crippen LogP contribution in [0.3, 0.4) is 0 Å². The number of unbranched alkanes of at least 4 members (excludes halogenated alkanes) is 1. The molecule has 0 bridgehead atoms. The van der Waals surface area contributed by atoms with E-state index in [0.29, 0.717) is 6.61 Å². The molecule has 0 saturated heterocycles. The van der Waals surface area contributed by atoms with E-state index in [-0.39, 0.29) is 20.4 Å². The van der Waals surface area contributed by atoms with Gasteiger partial charge >= 0.3 is 107 Å². The molecule has 0 fully saturated rings. The maximum absolute atomic E-state index is 11.0. The Kier molecular flexibility index (Phi) is 6.31. The first kappa shape index (κ1) is 13.4. The number of carbonyl (C=O) groups is 1. The number of hydrogen-bond donors (Lipinski definition) is 0. The molecule has 0 aliphatic rings. The molecule has 0 amide bonds. The molecule has 0 N–H and O–H groups in total. The summed E-state index contributed by atoms with van der Waals surface area (Å²) in [4.78, 5) is 11.0. The maximum atomic E-state index is 11.0. The Hall–Kier alpha value is -0.700. The molecule has 0 aliphatic heterocycles. The van der Waals surface area contributed by atoms with Crippen molar-refractivity contribution in [2.24, 2.45) is 0 Å². The Morgan fingerprint density at radius 2 is 2.25 bits per heavy atom. The van der Waals surface area contributed by atoms with E-state index >= 15 is 0 Å². The summed E-state index contributed by atoms with van der Waals surface area (Å²) in [6.45, 7) is 4.38. The van der Waals surface area contributed by atoms with Crippen LogP contribution in [0.15, 0.2) is 12.1 Å². The first-order valence-corrected chi connectivity index (χ1v) is 7.86. The first-order chi connectivity index (χ1) is 7.76. The van der Waals surface area contributed by atoms with Gasteiger partial charge < -0.3 is 0 Å². The topological polar surface area (TPSA) is 26.3 Å². The van der Waals surface area contributed by atoms with Crippen molar-refractivity contribution in [2.75, 3.05) is 6.61 Å². The van der Waals surface area contributed by atoms with Gasteiger partial charge in [-0.3, -0.25) is 0 Å². The van der Waals surface area contributed by atoms with Gasteiger partial charge in [-0.15, -0.1) is 0 Å². The number of aryl methyl sites for hydroxylation is 1. The third kappa shape index (κ3) is 4.88. The van der Waals surface area contributed by atoms with Crippen LogP contribution in [0.4, 0.5) is 0 Å². The average Bonchev–Trinajstić information content (AvgIpc) is 2.72. The molecule has 1 aromatic heterocycles. The molecule has 0 unspecified atom stereocenters. The Labute approximate surface area is 107 Å². The van der Waals surface area contributed by atoms with Crippen LogP contribution in [0, 0.1) is 11.8 Å². The zero-order valence-electron chi connectivity index (χ0n) is 9.71. The van der Waals surface area contributed by atoms with E-state index in [4.69, 9.17) is 4.74 Å². The van der Waals surface area contributed by atoms with E-state index in [1.807, 2.05) is 0 Å². The van der Waals surface area contributed by atoms with Gasteiger partial charge in [0.2, 0.25) is 0 Å². The molecule has 1 heterocycles. The van der Waals surface area contributed by atoms with Gasteiger partial charge in [0, 0.05) is 0 Å². The average molecular weight is 332 g/mol. The molecule has 16 heavy (non-hydrogen) atoms. The summed E-state index contributed by atoms with van der Waals surface area (Å²) in [5.41, 5.74) is 0. The van der Waals surface area contributed by atoms with Crippen molar-refractivity contribution in [3.8, 4) is 11.8 Å². The zero-order chi connectivity index (χ0) is 11.8. The minimum absolute atomic E-state index is 0.285. The zero-order valence-corrected chi connectivity index (χ0v) is 12.0. The molecule has 0 aromatic carbocycles.